The van der Waals surface area contributed by atoms with E-state index in [1.165, 1.54) is 24.3 Å². The second kappa shape index (κ2) is 6.92. The summed E-state index contributed by atoms with van der Waals surface area (Å²) < 4.78 is 13.2. The van der Waals surface area contributed by atoms with Crippen molar-refractivity contribution in [3.63, 3.8) is 0 Å². The van der Waals surface area contributed by atoms with Gasteiger partial charge in [0.2, 0.25) is 0 Å². The fourth-order valence-corrected chi connectivity index (χ4v) is 6.51. The van der Waals surface area contributed by atoms with Crippen LogP contribution in [-0.2, 0) is 10.3 Å². The zero-order valence-corrected chi connectivity index (χ0v) is 20.9. The number of Topliss-reactive ketones (excluding diaryl/α,β-unsaturated/α-hetero) is 2. The van der Waals surface area contributed by atoms with Crippen molar-refractivity contribution in [1.82, 2.24) is 0 Å². The Bertz CT molecular complexity index is 1420. The fourth-order valence-electron chi connectivity index (χ4n) is 4.91. The number of ketones is 2. The number of carbonyl (C=O) groups excluding carboxylic acids is 3. The molecule has 0 saturated heterocycles. The predicted molar refractivity (Wildman–Crippen MR) is 131 cm³/mol. The van der Waals surface area contributed by atoms with Gasteiger partial charge in [-0.15, -0.1) is 0 Å². The molecular formula is C24H12I2O7. The normalized spacial score (nSPS) is 17.1. The van der Waals surface area contributed by atoms with Crippen molar-refractivity contribution in [2.45, 2.75) is 18.4 Å². The number of rotatable bonds is 0. The third-order valence-electron chi connectivity index (χ3n) is 6.23. The van der Waals surface area contributed by atoms with Gasteiger partial charge in [0.25, 0.3) is 0 Å². The van der Waals surface area contributed by atoms with Crippen LogP contribution in [0.15, 0.2) is 36.4 Å². The zero-order chi connectivity index (χ0) is 23.2. The highest BCUT2D eigenvalue weighted by atomic mass is 127. The summed E-state index contributed by atoms with van der Waals surface area (Å²) in [4.78, 5) is 39.6. The van der Waals surface area contributed by atoms with Crippen molar-refractivity contribution in [3.8, 4) is 23.0 Å². The number of esters is 1. The van der Waals surface area contributed by atoms with E-state index in [1.54, 1.807) is 12.1 Å². The van der Waals surface area contributed by atoms with Gasteiger partial charge >= 0.3 is 5.97 Å². The molecule has 0 radical (unpaired) electrons. The summed E-state index contributed by atoms with van der Waals surface area (Å²) in [6, 6.07) is 8.81. The minimum atomic E-state index is -1.58. The molecular weight excluding hydrogens is 654 g/mol. The predicted octanol–water partition coefficient (Wildman–Crippen LogP) is 5.03. The van der Waals surface area contributed by atoms with Crippen LogP contribution in [0.1, 0.15) is 60.6 Å². The summed E-state index contributed by atoms with van der Waals surface area (Å²) in [6.45, 7) is 0. The fraction of sp³-hybridized carbons (Fsp3) is 0.125. The third-order valence-corrected chi connectivity index (χ3v) is 9.42. The van der Waals surface area contributed by atoms with Crippen molar-refractivity contribution in [2.75, 3.05) is 0 Å². The van der Waals surface area contributed by atoms with E-state index in [9.17, 15) is 24.6 Å². The van der Waals surface area contributed by atoms with E-state index in [0.717, 1.165) is 0 Å². The lowest BCUT2D eigenvalue weighted by Gasteiger charge is -2.38. The highest BCUT2D eigenvalue weighted by molar-refractivity contribution is 14.1. The van der Waals surface area contributed by atoms with Crippen molar-refractivity contribution in [3.05, 3.63) is 76.9 Å². The highest BCUT2D eigenvalue weighted by Gasteiger charge is 2.57. The Labute approximate surface area is 214 Å². The Morgan fingerprint density at radius 1 is 0.758 bits per heavy atom. The molecule has 2 aliphatic heterocycles. The van der Waals surface area contributed by atoms with Gasteiger partial charge in [-0.05, 0) is 69.4 Å². The number of carbonyl (C=O) groups is 3. The number of halogens is 2. The second-order valence-corrected chi connectivity index (χ2v) is 10.2. The smallest absolute Gasteiger partial charge is 0.341 e. The lowest BCUT2D eigenvalue weighted by atomic mass is 9.72. The van der Waals surface area contributed by atoms with Gasteiger partial charge in [-0.3, -0.25) is 9.59 Å². The molecule has 0 unspecified atom stereocenters. The maximum absolute atomic E-state index is 13.4. The Kier molecular flexibility index (Phi) is 4.38. The van der Waals surface area contributed by atoms with Gasteiger partial charge in [0.05, 0.1) is 5.56 Å². The Morgan fingerprint density at radius 2 is 1.27 bits per heavy atom. The summed E-state index contributed by atoms with van der Waals surface area (Å²) in [5, 5.41) is 20.2. The number of phenolic OH excluding ortho intramolecular Hbond substituents is 2. The van der Waals surface area contributed by atoms with Crippen molar-refractivity contribution < 1.29 is 34.1 Å². The van der Waals surface area contributed by atoms with E-state index in [2.05, 4.69) is 0 Å². The van der Waals surface area contributed by atoms with E-state index >= 15 is 0 Å². The summed E-state index contributed by atoms with van der Waals surface area (Å²) >= 11 is 4.02. The van der Waals surface area contributed by atoms with Gasteiger partial charge in [0.1, 0.15) is 23.0 Å². The zero-order valence-electron chi connectivity index (χ0n) is 16.6. The molecule has 3 aromatic rings. The van der Waals surface area contributed by atoms with E-state index in [1.807, 2.05) is 45.2 Å². The van der Waals surface area contributed by atoms with Crippen LogP contribution in [0.2, 0.25) is 0 Å². The van der Waals surface area contributed by atoms with Gasteiger partial charge < -0.3 is 19.7 Å². The molecule has 1 spiro atoms. The summed E-state index contributed by atoms with van der Waals surface area (Å²) in [6.07, 6.45) is 0.150. The molecule has 0 amide bonds. The van der Waals surface area contributed by atoms with Gasteiger partial charge in [0, 0.05) is 59.9 Å². The first-order chi connectivity index (χ1) is 15.7. The topological polar surface area (TPSA) is 110 Å². The molecule has 0 atom stereocenters. The van der Waals surface area contributed by atoms with Crippen LogP contribution in [0.5, 0.6) is 23.0 Å². The maximum Gasteiger partial charge on any atom is 0.341 e. The first-order valence-electron chi connectivity index (χ1n) is 9.94. The van der Waals surface area contributed by atoms with E-state index in [0.29, 0.717) is 29.4 Å². The maximum atomic E-state index is 13.4. The van der Waals surface area contributed by atoms with Crippen molar-refractivity contribution >= 4 is 62.7 Å². The summed E-state index contributed by atoms with van der Waals surface area (Å²) in [5.74, 6) is -0.727. The molecule has 33 heavy (non-hydrogen) atoms. The van der Waals surface area contributed by atoms with E-state index in [4.69, 9.17) is 9.47 Å². The number of phenols is 2. The average Bonchev–Trinajstić information content (AvgIpc) is 3.06. The lowest BCUT2D eigenvalue weighted by molar-refractivity contribution is 0.0221. The van der Waals surface area contributed by atoms with E-state index < -0.39 is 11.6 Å². The molecule has 7 nitrogen and oxygen atoms in total. The Morgan fingerprint density at radius 3 is 1.85 bits per heavy atom. The molecule has 3 aromatic carbocycles. The molecule has 0 aromatic heterocycles. The molecule has 1 aliphatic carbocycles. The van der Waals surface area contributed by atoms with Crippen LogP contribution in [0.25, 0.3) is 0 Å². The minimum absolute atomic E-state index is 0.0422. The lowest BCUT2D eigenvalue weighted by Crippen LogP contribution is -2.36. The molecule has 2 heterocycles. The van der Waals surface area contributed by atoms with Gasteiger partial charge in [-0.25, -0.2) is 4.79 Å². The Hall–Kier alpha value is -2.67. The summed E-state index contributed by atoms with van der Waals surface area (Å²) in [7, 11) is 0. The molecule has 2 N–H and O–H groups in total. The van der Waals surface area contributed by atoms with Crippen LogP contribution >= 0.6 is 45.2 Å². The van der Waals surface area contributed by atoms with Crippen LogP contribution in [0.4, 0.5) is 0 Å². The second-order valence-electron chi connectivity index (χ2n) is 8.01. The van der Waals surface area contributed by atoms with Gasteiger partial charge in [0.15, 0.2) is 17.2 Å². The number of fused-ring (bicyclic) bond motifs is 8. The molecule has 0 fully saturated rings. The molecule has 3 aliphatic rings. The van der Waals surface area contributed by atoms with E-state index in [-0.39, 0.29) is 58.5 Å². The molecule has 9 heteroatoms. The number of benzene rings is 3. The molecule has 0 bridgehead atoms. The van der Waals surface area contributed by atoms with Crippen molar-refractivity contribution in [2.24, 2.45) is 0 Å². The number of hydrogen-bond acceptors (Lipinski definition) is 7. The monoisotopic (exact) mass is 666 g/mol. The first kappa shape index (κ1) is 20.9. The van der Waals surface area contributed by atoms with Gasteiger partial charge in [-0.2, -0.15) is 0 Å². The standard InChI is InChI=1S/C24H12I2O7/c25-21-18-14(30)6-5-13(29)17(18)20-19(22(21)26)23(31)33-24(20)11-3-1-9(27)7-15(11)32-16-8-10(28)2-4-12(16)24/h1-4,7-8,27-28H,5-6H2. The first-order valence-corrected chi connectivity index (χ1v) is 12.1. The van der Waals surface area contributed by atoms with Crippen LogP contribution in [-0.4, -0.2) is 27.7 Å². The SMILES string of the molecule is O=C1CCC(=O)c2c1c(I)c(I)c1c2C2(OC1=O)c1ccc(O)cc1Oc1cc(O)ccc12. The van der Waals surface area contributed by atoms with Crippen LogP contribution < -0.4 is 4.74 Å². The van der Waals surface area contributed by atoms with Crippen LogP contribution in [0.3, 0.4) is 0 Å². The van der Waals surface area contributed by atoms with Gasteiger partial charge in [-0.1, -0.05) is 0 Å². The molecule has 0 saturated carbocycles. The largest absolute Gasteiger partial charge is 0.508 e. The average molecular weight is 666 g/mol. The quantitative estimate of drug-likeness (QED) is 0.256. The van der Waals surface area contributed by atoms with Crippen molar-refractivity contribution in [1.29, 1.82) is 0 Å². The number of aromatic hydroxyl groups is 2. The third kappa shape index (κ3) is 2.63. The Balaban J connectivity index is 1.84. The van der Waals surface area contributed by atoms with Crippen LogP contribution in [0, 0.1) is 7.14 Å². The number of hydrogen-bond donors (Lipinski definition) is 2. The number of ether oxygens (including phenoxy) is 2. The molecule has 164 valence electrons. The highest BCUT2D eigenvalue weighted by Crippen LogP contribution is 2.59. The summed E-state index contributed by atoms with van der Waals surface area (Å²) in [5.41, 5.74) is 0.287. The minimum Gasteiger partial charge on any atom is -0.508 e. The molecule has 6 rings (SSSR count).